The van der Waals surface area contributed by atoms with Crippen LogP contribution in [-0.2, 0) is 19.1 Å². The molecule has 7 nitrogen and oxygen atoms in total. The fourth-order valence-corrected chi connectivity index (χ4v) is 3.50. The number of ether oxygens (including phenoxy) is 2. The van der Waals surface area contributed by atoms with Crippen LogP contribution >= 0.6 is 0 Å². The lowest BCUT2D eigenvalue weighted by molar-refractivity contribution is -0.137. The predicted octanol–water partition coefficient (Wildman–Crippen LogP) is 2.66. The highest BCUT2D eigenvalue weighted by molar-refractivity contribution is 5.66. The van der Waals surface area contributed by atoms with Crippen LogP contribution < -0.4 is 5.48 Å². The minimum absolute atomic E-state index is 0.167. The summed E-state index contributed by atoms with van der Waals surface area (Å²) in [4.78, 5) is 26.8. The SMILES string of the molecule is CCONC(=O)OC[C@@H]1[C@@H](C/C=C\CCCC(=O)O)[C@H]2CC[C@@H]1O2. The van der Waals surface area contributed by atoms with Crippen molar-refractivity contribution >= 4 is 12.1 Å². The van der Waals surface area contributed by atoms with Gasteiger partial charge in [0.1, 0.15) is 0 Å². The van der Waals surface area contributed by atoms with Crippen LogP contribution in [0.15, 0.2) is 12.2 Å². The van der Waals surface area contributed by atoms with Gasteiger partial charge < -0.3 is 14.6 Å². The minimum atomic E-state index is -0.757. The van der Waals surface area contributed by atoms with Crippen LogP contribution in [0.5, 0.6) is 0 Å². The van der Waals surface area contributed by atoms with Gasteiger partial charge in [-0.1, -0.05) is 12.2 Å². The average molecular weight is 341 g/mol. The summed E-state index contributed by atoms with van der Waals surface area (Å²) in [6.45, 7) is 2.50. The average Bonchev–Trinajstić information content (AvgIpc) is 3.15. The molecular formula is C17H27NO6. The molecule has 0 aromatic heterocycles. The summed E-state index contributed by atoms with van der Waals surface area (Å²) in [7, 11) is 0. The summed E-state index contributed by atoms with van der Waals surface area (Å²) in [5, 5.41) is 8.61. The third kappa shape index (κ3) is 5.49. The van der Waals surface area contributed by atoms with Crippen molar-refractivity contribution < 1.29 is 29.0 Å². The molecule has 2 aliphatic rings. The third-order valence-corrected chi connectivity index (χ3v) is 4.63. The Balaban J connectivity index is 1.74. The highest BCUT2D eigenvalue weighted by atomic mass is 16.7. The quantitative estimate of drug-likeness (QED) is 0.360. The zero-order valence-electron chi connectivity index (χ0n) is 14.1. The largest absolute Gasteiger partial charge is 0.481 e. The summed E-state index contributed by atoms with van der Waals surface area (Å²) >= 11 is 0. The fourth-order valence-electron chi connectivity index (χ4n) is 3.50. The summed E-state index contributed by atoms with van der Waals surface area (Å²) in [6.07, 6.45) is 8.55. The lowest BCUT2D eigenvalue weighted by Crippen LogP contribution is -2.33. The Morgan fingerprint density at radius 3 is 2.71 bits per heavy atom. The second-order valence-corrected chi connectivity index (χ2v) is 6.24. The van der Waals surface area contributed by atoms with E-state index in [1.165, 1.54) is 0 Å². The molecule has 1 amide bonds. The van der Waals surface area contributed by atoms with Crippen LogP contribution in [0.25, 0.3) is 0 Å². The van der Waals surface area contributed by atoms with Crippen LogP contribution in [0.2, 0.25) is 0 Å². The number of carbonyl (C=O) groups is 2. The van der Waals surface area contributed by atoms with E-state index < -0.39 is 12.1 Å². The topological polar surface area (TPSA) is 94.1 Å². The number of carboxylic acids is 1. The van der Waals surface area contributed by atoms with E-state index in [1.807, 2.05) is 6.08 Å². The molecule has 0 aromatic rings. The van der Waals surface area contributed by atoms with Gasteiger partial charge in [-0.2, -0.15) is 5.48 Å². The monoisotopic (exact) mass is 341 g/mol. The number of fused-ring (bicyclic) bond motifs is 2. The van der Waals surface area contributed by atoms with Crippen molar-refractivity contribution in [2.45, 2.75) is 57.7 Å². The molecule has 136 valence electrons. The molecule has 0 saturated carbocycles. The van der Waals surface area contributed by atoms with Crippen molar-refractivity contribution in [1.82, 2.24) is 5.48 Å². The summed E-state index contributed by atoms with van der Waals surface area (Å²) in [5.74, 6) is -0.202. The molecule has 0 aliphatic carbocycles. The Labute approximate surface area is 142 Å². The summed E-state index contributed by atoms with van der Waals surface area (Å²) in [6, 6.07) is 0. The van der Waals surface area contributed by atoms with Crippen molar-refractivity contribution in [3.8, 4) is 0 Å². The smallest absolute Gasteiger partial charge is 0.431 e. The zero-order chi connectivity index (χ0) is 17.4. The molecule has 0 unspecified atom stereocenters. The van der Waals surface area contributed by atoms with Gasteiger partial charge in [-0.25, -0.2) is 4.79 Å². The van der Waals surface area contributed by atoms with E-state index in [-0.39, 0.29) is 24.5 Å². The lowest BCUT2D eigenvalue weighted by Gasteiger charge is -2.26. The Bertz CT molecular complexity index is 452. The van der Waals surface area contributed by atoms with Gasteiger partial charge in [-0.05, 0) is 44.9 Å². The number of carboxylic acid groups (broad SMARTS) is 1. The van der Waals surface area contributed by atoms with Gasteiger partial charge in [0, 0.05) is 12.3 Å². The van der Waals surface area contributed by atoms with Crippen molar-refractivity contribution in [3.63, 3.8) is 0 Å². The van der Waals surface area contributed by atoms with E-state index in [2.05, 4.69) is 11.6 Å². The predicted molar refractivity (Wildman–Crippen MR) is 86.2 cm³/mol. The van der Waals surface area contributed by atoms with Gasteiger partial charge in [0.25, 0.3) is 0 Å². The number of hydroxylamine groups is 1. The van der Waals surface area contributed by atoms with Gasteiger partial charge in [0.2, 0.25) is 0 Å². The Morgan fingerprint density at radius 2 is 2.00 bits per heavy atom. The molecule has 2 saturated heterocycles. The molecule has 2 bridgehead atoms. The maximum absolute atomic E-state index is 11.5. The molecule has 2 N–H and O–H groups in total. The number of amides is 1. The molecular weight excluding hydrogens is 314 g/mol. The number of unbranched alkanes of at least 4 members (excludes halogenated alkanes) is 1. The van der Waals surface area contributed by atoms with E-state index >= 15 is 0 Å². The molecule has 2 fully saturated rings. The van der Waals surface area contributed by atoms with E-state index in [0.29, 0.717) is 25.6 Å². The molecule has 7 heteroatoms. The minimum Gasteiger partial charge on any atom is -0.481 e. The highest BCUT2D eigenvalue weighted by Gasteiger charge is 2.48. The first kappa shape index (κ1) is 18.7. The molecule has 2 aliphatic heterocycles. The molecule has 24 heavy (non-hydrogen) atoms. The second kappa shape index (κ2) is 9.64. The van der Waals surface area contributed by atoms with Gasteiger partial charge in [-0.15, -0.1) is 0 Å². The van der Waals surface area contributed by atoms with Crippen molar-refractivity contribution in [2.24, 2.45) is 11.8 Å². The fraction of sp³-hybridized carbons (Fsp3) is 0.765. The highest BCUT2D eigenvalue weighted by Crippen LogP contribution is 2.45. The van der Waals surface area contributed by atoms with Crippen molar-refractivity contribution in [3.05, 3.63) is 12.2 Å². The van der Waals surface area contributed by atoms with Gasteiger partial charge >= 0.3 is 12.1 Å². The number of hydrogen-bond donors (Lipinski definition) is 2. The number of aliphatic carboxylic acids is 1. The number of allylic oxidation sites excluding steroid dienone is 2. The van der Waals surface area contributed by atoms with E-state index in [0.717, 1.165) is 25.7 Å². The van der Waals surface area contributed by atoms with Crippen LogP contribution in [0.1, 0.15) is 45.4 Å². The van der Waals surface area contributed by atoms with Crippen molar-refractivity contribution in [1.29, 1.82) is 0 Å². The zero-order valence-corrected chi connectivity index (χ0v) is 14.1. The number of hydrogen-bond acceptors (Lipinski definition) is 5. The van der Waals surface area contributed by atoms with Gasteiger partial charge in [0.15, 0.2) is 0 Å². The lowest BCUT2D eigenvalue weighted by atomic mass is 9.78. The maximum Gasteiger partial charge on any atom is 0.431 e. The number of carbonyl (C=O) groups excluding carboxylic acids is 1. The first-order valence-corrected chi connectivity index (χ1v) is 8.68. The van der Waals surface area contributed by atoms with E-state index in [9.17, 15) is 9.59 Å². The molecule has 0 aromatic carbocycles. The van der Waals surface area contributed by atoms with Crippen LogP contribution in [0.3, 0.4) is 0 Å². The Hall–Kier alpha value is -1.60. The van der Waals surface area contributed by atoms with Crippen LogP contribution in [-0.4, -0.2) is 42.6 Å². The van der Waals surface area contributed by atoms with E-state index in [4.69, 9.17) is 19.4 Å². The van der Waals surface area contributed by atoms with Gasteiger partial charge in [0.05, 0.1) is 25.4 Å². The summed E-state index contributed by atoms with van der Waals surface area (Å²) in [5.41, 5.74) is 2.23. The third-order valence-electron chi connectivity index (χ3n) is 4.63. The molecule has 2 heterocycles. The van der Waals surface area contributed by atoms with Crippen LogP contribution in [0, 0.1) is 11.8 Å². The summed E-state index contributed by atoms with van der Waals surface area (Å²) < 4.78 is 11.2. The number of rotatable bonds is 10. The van der Waals surface area contributed by atoms with Gasteiger partial charge in [-0.3, -0.25) is 9.63 Å². The first-order valence-electron chi connectivity index (χ1n) is 8.68. The molecule has 4 atom stereocenters. The van der Waals surface area contributed by atoms with Crippen LogP contribution in [0.4, 0.5) is 4.79 Å². The molecule has 0 radical (unpaired) electrons. The van der Waals surface area contributed by atoms with E-state index in [1.54, 1.807) is 6.92 Å². The maximum atomic E-state index is 11.5. The standard InChI is InChI=1S/C17H27NO6/c1-2-23-18-17(21)22-11-13-12(14-9-10-15(13)24-14)7-5-3-4-6-8-16(19)20/h3,5,12-15H,2,4,6-11H2,1H3,(H,18,21)(H,19,20)/b5-3-/t12-,13-,14-,15+/m1/s1. The van der Waals surface area contributed by atoms with Crippen molar-refractivity contribution in [2.75, 3.05) is 13.2 Å². The first-order chi connectivity index (χ1) is 11.6. The normalized spacial score (nSPS) is 28.4. The Morgan fingerprint density at radius 1 is 1.25 bits per heavy atom. The second-order valence-electron chi connectivity index (χ2n) is 6.24. The number of nitrogens with one attached hydrogen (secondary N) is 1. The molecule has 2 rings (SSSR count). The Kier molecular flexibility index (Phi) is 7.52. The molecule has 0 spiro atoms.